The Morgan fingerprint density at radius 3 is 2.24 bits per heavy atom. The molecule has 0 N–H and O–H groups in total. The van der Waals surface area contributed by atoms with Crippen LogP contribution in [0.1, 0.15) is 19.4 Å². The van der Waals surface area contributed by atoms with E-state index in [4.69, 9.17) is 9.47 Å². The zero-order chi connectivity index (χ0) is 18.0. The van der Waals surface area contributed by atoms with Crippen molar-refractivity contribution in [2.24, 2.45) is 16.9 Å². The van der Waals surface area contributed by atoms with Crippen LogP contribution in [0.25, 0.3) is 0 Å². The number of para-hydroxylation sites is 1. The van der Waals surface area contributed by atoms with E-state index in [0.29, 0.717) is 11.5 Å². The molecule has 130 valence electrons. The number of hydrazone groups is 1. The first-order valence-corrected chi connectivity index (χ1v) is 8.26. The van der Waals surface area contributed by atoms with Gasteiger partial charge >= 0.3 is 0 Å². The van der Waals surface area contributed by atoms with Crippen molar-refractivity contribution in [3.05, 3.63) is 54.1 Å². The van der Waals surface area contributed by atoms with Crippen LogP contribution in [0.4, 0.5) is 5.69 Å². The van der Waals surface area contributed by atoms with E-state index in [2.05, 4.69) is 5.10 Å². The van der Waals surface area contributed by atoms with Gasteiger partial charge in [0.15, 0.2) is 11.5 Å². The quantitative estimate of drug-likeness (QED) is 0.853. The highest BCUT2D eigenvalue weighted by Gasteiger charge is 2.35. The van der Waals surface area contributed by atoms with Gasteiger partial charge in [-0.25, -0.2) is 5.01 Å². The van der Waals surface area contributed by atoms with Gasteiger partial charge in [-0.15, -0.1) is 0 Å². The van der Waals surface area contributed by atoms with Crippen molar-refractivity contribution in [1.29, 1.82) is 0 Å². The van der Waals surface area contributed by atoms with E-state index in [0.717, 1.165) is 17.0 Å². The molecule has 5 nitrogen and oxygen atoms in total. The summed E-state index contributed by atoms with van der Waals surface area (Å²) in [4.78, 5) is 12.7. The summed E-state index contributed by atoms with van der Waals surface area (Å²) >= 11 is 0. The number of hydrogen-bond acceptors (Lipinski definition) is 4. The van der Waals surface area contributed by atoms with Gasteiger partial charge in [-0.1, -0.05) is 32.0 Å². The van der Waals surface area contributed by atoms with Gasteiger partial charge < -0.3 is 9.47 Å². The molecule has 3 rings (SSSR count). The van der Waals surface area contributed by atoms with E-state index in [-0.39, 0.29) is 17.7 Å². The molecule has 1 amide bonds. The summed E-state index contributed by atoms with van der Waals surface area (Å²) in [7, 11) is 3.21. The third-order valence-corrected chi connectivity index (χ3v) is 4.67. The maximum absolute atomic E-state index is 12.7. The van der Waals surface area contributed by atoms with Crippen molar-refractivity contribution in [3.63, 3.8) is 0 Å². The lowest BCUT2D eigenvalue weighted by Gasteiger charge is -2.32. The van der Waals surface area contributed by atoms with Crippen LogP contribution in [0.5, 0.6) is 11.5 Å². The van der Waals surface area contributed by atoms with Gasteiger partial charge in [-0.3, -0.25) is 4.79 Å². The van der Waals surface area contributed by atoms with E-state index in [1.54, 1.807) is 14.2 Å². The highest BCUT2D eigenvalue weighted by molar-refractivity contribution is 6.11. The SMILES string of the molecule is COc1ccc(C2=NN(c3ccccc3)C(=O)[C@@H](C)[C@H]2C)cc1OC. The Kier molecular flexibility index (Phi) is 4.74. The number of benzene rings is 2. The molecule has 0 bridgehead atoms. The average molecular weight is 338 g/mol. The summed E-state index contributed by atoms with van der Waals surface area (Å²) in [6.45, 7) is 3.97. The van der Waals surface area contributed by atoms with Crippen LogP contribution in [0.2, 0.25) is 0 Å². The van der Waals surface area contributed by atoms with Crippen molar-refractivity contribution >= 4 is 17.3 Å². The molecule has 0 fully saturated rings. The van der Waals surface area contributed by atoms with Gasteiger partial charge in [0, 0.05) is 17.4 Å². The molecule has 2 atom stereocenters. The van der Waals surface area contributed by atoms with E-state index in [1.807, 2.05) is 62.4 Å². The predicted molar refractivity (Wildman–Crippen MR) is 98.3 cm³/mol. The fraction of sp³-hybridized carbons (Fsp3) is 0.300. The van der Waals surface area contributed by atoms with Crippen LogP contribution in [0.3, 0.4) is 0 Å². The first-order chi connectivity index (χ1) is 12.1. The Bertz CT molecular complexity index is 802. The standard InChI is InChI=1S/C20H22N2O3/c1-13-14(2)20(23)22(16-8-6-5-7-9-16)21-19(13)15-10-11-17(24-3)18(12-15)25-4/h5-14H,1-4H3/t13-,14+/m1/s1. The number of carbonyl (C=O) groups is 1. The van der Waals surface area contributed by atoms with Gasteiger partial charge in [0.05, 0.1) is 25.6 Å². The summed E-state index contributed by atoms with van der Waals surface area (Å²) in [5, 5.41) is 6.17. The second-order valence-electron chi connectivity index (χ2n) is 6.12. The molecular formula is C20H22N2O3. The number of ether oxygens (including phenoxy) is 2. The maximum atomic E-state index is 12.7. The van der Waals surface area contributed by atoms with Gasteiger partial charge in [-0.05, 0) is 30.3 Å². The molecule has 0 aromatic heterocycles. The van der Waals surface area contributed by atoms with Crippen LogP contribution in [-0.2, 0) is 4.79 Å². The van der Waals surface area contributed by atoms with Crippen molar-refractivity contribution in [1.82, 2.24) is 0 Å². The molecule has 1 aliphatic heterocycles. The van der Waals surface area contributed by atoms with Crippen molar-refractivity contribution in [3.8, 4) is 11.5 Å². The topological polar surface area (TPSA) is 51.1 Å². The minimum absolute atomic E-state index is 0.00271. The van der Waals surface area contributed by atoms with Crippen LogP contribution in [0, 0.1) is 11.8 Å². The number of carbonyl (C=O) groups excluding carboxylic acids is 1. The Balaban J connectivity index is 2.08. The summed E-state index contributed by atoms with van der Waals surface area (Å²) in [6.07, 6.45) is 0. The highest BCUT2D eigenvalue weighted by atomic mass is 16.5. The number of methoxy groups -OCH3 is 2. The molecule has 2 aromatic carbocycles. The first-order valence-electron chi connectivity index (χ1n) is 8.26. The molecular weight excluding hydrogens is 316 g/mol. The molecule has 0 saturated heterocycles. The smallest absolute Gasteiger partial charge is 0.250 e. The van der Waals surface area contributed by atoms with Gasteiger partial charge in [-0.2, -0.15) is 5.10 Å². The number of amides is 1. The zero-order valence-corrected chi connectivity index (χ0v) is 14.9. The fourth-order valence-corrected chi connectivity index (χ4v) is 2.96. The van der Waals surface area contributed by atoms with Crippen LogP contribution >= 0.6 is 0 Å². The Morgan fingerprint density at radius 1 is 0.920 bits per heavy atom. The minimum Gasteiger partial charge on any atom is -0.493 e. The van der Waals surface area contributed by atoms with Crippen molar-refractivity contribution in [2.45, 2.75) is 13.8 Å². The van der Waals surface area contributed by atoms with Gasteiger partial charge in [0.25, 0.3) is 5.91 Å². The molecule has 5 heteroatoms. The van der Waals surface area contributed by atoms with E-state index < -0.39 is 0 Å². The molecule has 1 aliphatic rings. The number of anilines is 1. The van der Waals surface area contributed by atoms with E-state index in [9.17, 15) is 4.79 Å². The van der Waals surface area contributed by atoms with E-state index >= 15 is 0 Å². The number of nitrogens with zero attached hydrogens (tertiary/aromatic N) is 2. The largest absolute Gasteiger partial charge is 0.493 e. The van der Waals surface area contributed by atoms with Crippen LogP contribution < -0.4 is 14.5 Å². The molecule has 0 aliphatic carbocycles. The third-order valence-electron chi connectivity index (χ3n) is 4.67. The summed E-state index contributed by atoms with van der Waals surface area (Å²) in [5.74, 6) is 1.15. The second-order valence-corrected chi connectivity index (χ2v) is 6.12. The molecule has 0 spiro atoms. The van der Waals surface area contributed by atoms with Gasteiger partial charge in [0.1, 0.15) is 0 Å². The monoisotopic (exact) mass is 338 g/mol. The second kappa shape index (κ2) is 6.97. The number of rotatable bonds is 4. The number of hydrogen-bond donors (Lipinski definition) is 0. The summed E-state index contributed by atoms with van der Waals surface area (Å²) in [5.41, 5.74) is 2.55. The van der Waals surface area contributed by atoms with Crippen LogP contribution in [-0.4, -0.2) is 25.8 Å². The normalized spacial score (nSPS) is 20.2. The molecule has 25 heavy (non-hydrogen) atoms. The maximum Gasteiger partial charge on any atom is 0.250 e. The van der Waals surface area contributed by atoms with Crippen molar-refractivity contribution < 1.29 is 14.3 Å². The summed E-state index contributed by atoms with van der Waals surface area (Å²) in [6, 6.07) is 15.2. The first kappa shape index (κ1) is 17.0. The lowest BCUT2D eigenvalue weighted by atomic mass is 9.85. The molecule has 0 radical (unpaired) electrons. The molecule has 0 unspecified atom stereocenters. The highest BCUT2D eigenvalue weighted by Crippen LogP contribution is 2.33. The van der Waals surface area contributed by atoms with E-state index in [1.165, 1.54) is 5.01 Å². The Labute approximate surface area is 147 Å². The average Bonchev–Trinajstić information content (AvgIpc) is 2.66. The third kappa shape index (κ3) is 3.09. The lowest BCUT2D eigenvalue weighted by molar-refractivity contribution is -0.123. The summed E-state index contributed by atoms with van der Waals surface area (Å²) < 4.78 is 10.7. The Hall–Kier alpha value is -2.82. The lowest BCUT2D eigenvalue weighted by Crippen LogP contribution is -2.42. The van der Waals surface area contributed by atoms with Crippen molar-refractivity contribution in [2.75, 3.05) is 19.2 Å². The predicted octanol–water partition coefficient (Wildman–Crippen LogP) is 3.73. The van der Waals surface area contributed by atoms with Gasteiger partial charge in [0.2, 0.25) is 0 Å². The molecule has 1 heterocycles. The molecule has 0 saturated carbocycles. The van der Waals surface area contributed by atoms with Crippen LogP contribution in [0.15, 0.2) is 53.6 Å². The zero-order valence-electron chi connectivity index (χ0n) is 14.9. The minimum atomic E-state index is -0.166. The molecule has 2 aromatic rings. The fourth-order valence-electron chi connectivity index (χ4n) is 2.96. The Morgan fingerprint density at radius 2 is 1.60 bits per heavy atom.